The highest BCUT2D eigenvalue weighted by atomic mass is 19.1. The molecule has 2 aromatic carbocycles. The highest BCUT2D eigenvalue weighted by Gasteiger charge is 2.26. The molecule has 0 radical (unpaired) electrons. The standard InChI is InChI=1S/C28H33FN4O/c1-19(2)17-26-30-21(4)25(18-22-7-5-20(3)6-8-22)27(31-26)32-13-15-33(16-14-32)28(34)23-9-11-24(29)12-10-23/h5-12,19H,13-18H2,1-4H3. The maximum Gasteiger partial charge on any atom is 0.253 e. The van der Waals surface area contributed by atoms with Crippen molar-refractivity contribution in [3.63, 3.8) is 0 Å². The quantitative estimate of drug-likeness (QED) is 0.520. The summed E-state index contributed by atoms with van der Waals surface area (Å²) in [7, 11) is 0. The molecule has 0 saturated carbocycles. The van der Waals surface area contributed by atoms with Crippen LogP contribution >= 0.6 is 0 Å². The summed E-state index contributed by atoms with van der Waals surface area (Å²) in [6, 6.07) is 14.4. The molecule has 1 saturated heterocycles. The van der Waals surface area contributed by atoms with Gasteiger partial charge in [-0.05, 0) is 49.6 Å². The third kappa shape index (κ3) is 5.61. The topological polar surface area (TPSA) is 49.3 Å². The minimum atomic E-state index is -0.334. The molecule has 0 aliphatic carbocycles. The lowest BCUT2D eigenvalue weighted by Crippen LogP contribution is -2.49. The summed E-state index contributed by atoms with van der Waals surface area (Å²) in [5.74, 6) is 1.94. The lowest BCUT2D eigenvalue weighted by molar-refractivity contribution is 0.0746. The number of aryl methyl sites for hydroxylation is 2. The normalized spacial score (nSPS) is 14.1. The molecule has 4 rings (SSSR count). The van der Waals surface area contributed by atoms with Gasteiger partial charge in [-0.15, -0.1) is 0 Å². The van der Waals surface area contributed by atoms with Crippen molar-refractivity contribution in [2.24, 2.45) is 5.92 Å². The van der Waals surface area contributed by atoms with Gasteiger partial charge in [-0.1, -0.05) is 43.7 Å². The van der Waals surface area contributed by atoms with Gasteiger partial charge < -0.3 is 9.80 Å². The molecule has 5 nitrogen and oxygen atoms in total. The van der Waals surface area contributed by atoms with E-state index < -0.39 is 0 Å². The molecule has 0 atom stereocenters. The van der Waals surface area contributed by atoms with Crippen molar-refractivity contribution in [3.8, 4) is 0 Å². The fourth-order valence-corrected chi connectivity index (χ4v) is 4.37. The van der Waals surface area contributed by atoms with Gasteiger partial charge in [0.05, 0.1) is 0 Å². The minimum absolute atomic E-state index is 0.0566. The lowest BCUT2D eigenvalue weighted by atomic mass is 10.0. The zero-order valence-corrected chi connectivity index (χ0v) is 20.5. The second-order valence-electron chi connectivity index (χ2n) is 9.57. The molecule has 34 heavy (non-hydrogen) atoms. The summed E-state index contributed by atoms with van der Waals surface area (Å²) in [6.45, 7) is 11.1. The Balaban J connectivity index is 1.56. The third-order valence-electron chi connectivity index (χ3n) is 6.29. The van der Waals surface area contributed by atoms with Crippen LogP contribution in [0.3, 0.4) is 0 Å². The highest BCUT2D eigenvalue weighted by Crippen LogP contribution is 2.26. The van der Waals surface area contributed by atoms with Crippen LogP contribution in [0.2, 0.25) is 0 Å². The molecule has 1 aliphatic rings. The Morgan fingerprint density at radius 2 is 1.59 bits per heavy atom. The maximum atomic E-state index is 13.2. The first-order valence-electron chi connectivity index (χ1n) is 12.0. The van der Waals surface area contributed by atoms with Crippen LogP contribution in [0.5, 0.6) is 0 Å². The van der Waals surface area contributed by atoms with Crippen molar-refractivity contribution in [1.29, 1.82) is 0 Å². The van der Waals surface area contributed by atoms with Crippen LogP contribution < -0.4 is 4.90 Å². The van der Waals surface area contributed by atoms with Crippen LogP contribution in [-0.4, -0.2) is 47.0 Å². The third-order valence-corrected chi connectivity index (χ3v) is 6.29. The summed E-state index contributed by atoms with van der Waals surface area (Å²) in [5, 5.41) is 0. The summed E-state index contributed by atoms with van der Waals surface area (Å²) in [6.07, 6.45) is 1.61. The number of amides is 1. The van der Waals surface area contributed by atoms with Gasteiger partial charge >= 0.3 is 0 Å². The first-order chi connectivity index (χ1) is 16.3. The number of piperazine rings is 1. The highest BCUT2D eigenvalue weighted by molar-refractivity contribution is 5.94. The molecular weight excluding hydrogens is 427 g/mol. The second-order valence-corrected chi connectivity index (χ2v) is 9.57. The molecule has 3 aromatic rings. The van der Waals surface area contributed by atoms with Crippen LogP contribution in [0.15, 0.2) is 48.5 Å². The van der Waals surface area contributed by atoms with Gasteiger partial charge in [0.2, 0.25) is 0 Å². The maximum absolute atomic E-state index is 13.2. The van der Waals surface area contributed by atoms with Gasteiger partial charge in [-0.25, -0.2) is 14.4 Å². The van der Waals surface area contributed by atoms with Gasteiger partial charge in [-0.2, -0.15) is 0 Å². The van der Waals surface area contributed by atoms with Crippen LogP contribution in [0, 0.1) is 25.6 Å². The van der Waals surface area contributed by atoms with Crippen molar-refractivity contribution in [3.05, 3.63) is 88.1 Å². The summed E-state index contributed by atoms with van der Waals surface area (Å²) < 4.78 is 13.2. The van der Waals surface area contributed by atoms with E-state index in [1.807, 2.05) is 4.90 Å². The number of aromatic nitrogens is 2. The zero-order valence-electron chi connectivity index (χ0n) is 20.5. The second kappa shape index (κ2) is 10.3. The molecule has 0 bridgehead atoms. The molecule has 0 unspecified atom stereocenters. The Labute approximate surface area is 201 Å². The lowest BCUT2D eigenvalue weighted by Gasteiger charge is -2.36. The van der Waals surface area contributed by atoms with Crippen molar-refractivity contribution >= 4 is 11.7 Å². The van der Waals surface area contributed by atoms with E-state index in [1.165, 1.54) is 23.3 Å². The molecular formula is C28H33FN4O. The molecule has 1 aliphatic heterocycles. The molecule has 0 spiro atoms. The first-order valence-corrected chi connectivity index (χ1v) is 12.0. The van der Waals surface area contributed by atoms with Crippen LogP contribution in [0.4, 0.5) is 10.2 Å². The molecule has 1 fully saturated rings. The molecule has 2 heterocycles. The largest absolute Gasteiger partial charge is 0.353 e. The molecule has 0 N–H and O–H groups in total. The number of nitrogens with zero attached hydrogens (tertiary/aromatic N) is 4. The average molecular weight is 461 g/mol. The number of carbonyl (C=O) groups excluding carboxylic acids is 1. The number of anilines is 1. The summed E-state index contributed by atoms with van der Waals surface area (Å²) in [5.41, 5.74) is 5.17. The van der Waals surface area contributed by atoms with Crippen molar-refractivity contribution in [1.82, 2.24) is 14.9 Å². The van der Waals surface area contributed by atoms with Gasteiger partial charge in [0.25, 0.3) is 5.91 Å². The van der Waals surface area contributed by atoms with Gasteiger partial charge in [0, 0.05) is 55.8 Å². The monoisotopic (exact) mass is 460 g/mol. The summed E-state index contributed by atoms with van der Waals surface area (Å²) in [4.78, 5) is 26.9. The van der Waals surface area contributed by atoms with Crippen LogP contribution in [0.1, 0.15) is 52.4 Å². The predicted molar refractivity (Wildman–Crippen MR) is 134 cm³/mol. The Hall–Kier alpha value is -3.28. The van der Waals surface area contributed by atoms with Crippen LogP contribution in [-0.2, 0) is 12.8 Å². The van der Waals surface area contributed by atoms with E-state index in [1.54, 1.807) is 12.1 Å². The Morgan fingerprint density at radius 1 is 0.941 bits per heavy atom. The number of carbonyl (C=O) groups is 1. The van der Waals surface area contributed by atoms with Crippen molar-refractivity contribution in [2.75, 3.05) is 31.1 Å². The van der Waals surface area contributed by atoms with E-state index in [0.29, 0.717) is 37.7 Å². The average Bonchev–Trinajstić information content (AvgIpc) is 2.82. The Kier molecular flexibility index (Phi) is 7.25. The van der Waals surface area contributed by atoms with E-state index in [0.717, 1.165) is 35.7 Å². The van der Waals surface area contributed by atoms with E-state index in [4.69, 9.17) is 9.97 Å². The van der Waals surface area contributed by atoms with E-state index >= 15 is 0 Å². The Morgan fingerprint density at radius 3 is 2.21 bits per heavy atom. The molecule has 6 heteroatoms. The smallest absolute Gasteiger partial charge is 0.253 e. The number of halogens is 1. The van der Waals surface area contributed by atoms with Crippen molar-refractivity contribution < 1.29 is 9.18 Å². The SMILES string of the molecule is Cc1ccc(Cc2c(C)nc(CC(C)C)nc2N2CCN(C(=O)c3ccc(F)cc3)CC2)cc1. The fraction of sp³-hybridized carbons (Fsp3) is 0.393. The number of hydrogen-bond acceptors (Lipinski definition) is 4. The van der Waals surface area contributed by atoms with Crippen LogP contribution in [0.25, 0.3) is 0 Å². The van der Waals surface area contributed by atoms with Crippen molar-refractivity contribution in [2.45, 2.75) is 40.5 Å². The minimum Gasteiger partial charge on any atom is -0.353 e. The number of benzene rings is 2. The molecule has 1 aromatic heterocycles. The Bertz CT molecular complexity index is 1130. The number of rotatable bonds is 6. The first kappa shape index (κ1) is 23.9. The van der Waals surface area contributed by atoms with E-state index in [-0.39, 0.29) is 11.7 Å². The number of hydrogen-bond donors (Lipinski definition) is 0. The zero-order chi connectivity index (χ0) is 24.2. The van der Waals surface area contributed by atoms with Gasteiger partial charge in [-0.3, -0.25) is 4.79 Å². The van der Waals surface area contributed by atoms with Gasteiger partial charge in [0.1, 0.15) is 17.5 Å². The predicted octanol–water partition coefficient (Wildman–Crippen LogP) is 4.98. The van der Waals surface area contributed by atoms with E-state index in [9.17, 15) is 9.18 Å². The molecule has 1 amide bonds. The fourth-order valence-electron chi connectivity index (χ4n) is 4.37. The summed E-state index contributed by atoms with van der Waals surface area (Å²) >= 11 is 0. The van der Waals surface area contributed by atoms with Gasteiger partial charge in [0.15, 0.2) is 0 Å². The molecule has 178 valence electrons. The van der Waals surface area contributed by atoms with E-state index in [2.05, 4.69) is 56.9 Å².